The van der Waals surface area contributed by atoms with Crippen molar-refractivity contribution in [1.29, 1.82) is 0 Å². The Labute approximate surface area is 154 Å². The Bertz CT molecular complexity index is 783. The van der Waals surface area contributed by atoms with E-state index in [2.05, 4.69) is 21.2 Å². The molecule has 1 aliphatic heterocycles. The van der Waals surface area contributed by atoms with Gasteiger partial charge in [0, 0.05) is 5.56 Å². The summed E-state index contributed by atoms with van der Waals surface area (Å²) in [7, 11) is 3.08. The van der Waals surface area contributed by atoms with Crippen LogP contribution in [0.15, 0.2) is 34.8 Å². The van der Waals surface area contributed by atoms with Crippen molar-refractivity contribution in [1.82, 2.24) is 5.32 Å². The molecule has 1 heterocycles. The first-order chi connectivity index (χ1) is 12.0. The quantitative estimate of drug-likeness (QED) is 0.818. The molecule has 1 amide bonds. The standard InChI is InChI=1S/C18H18BrNO5/c1-10(11-4-5-13-14(6-11)25-9-24-13)20-18(21)12-7-15(22-2)17(19)16(8-12)23-3/h4-8,10H,9H2,1-3H3,(H,20,21). The van der Waals surface area contributed by atoms with Crippen LogP contribution in [0, 0.1) is 0 Å². The van der Waals surface area contributed by atoms with Crippen LogP contribution in [0.3, 0.4) is 0 Å². The van der Waals surface area contributed by atoms with Crippen LogP contribution in [0.1, 0.15) is 28.9 Å². The van der Waals surface area contributed by atoms with Gasteiger partial charge in [-0.15, -0.1) is 0 Å². The molecular weight excluding hydrogens is 390 g/mol. The van der Waals surface area contributed by atoms with E-state index in [1.54, 1.807) is 12.1 Å². The number of hydrogen-bond acceptors (Lipinski definition) is 5. The molecule has 25 heavy (non-hydrogen) atoms. The summed E-state index contributed by atoms with van der Waals surface area (Å²) in [6, 6.07) is 8.73. The summed E-state index contributed by atoms with van der Waals surface area (Å²) >= 11 is 3.39. The molecule has 0 aliphatic carbocycles. The van der Waals surface area contributed by atoms with Gasteiger partial charge >= 0.3 is 0 Å². The van der Waals surface area contributed by atoms with Crippen molar-refractivity contribution in [3.63, 3.8) is 0 Å². The Kier molecular flexibility index (Phi) is 5.03. The molecule has 2 aromatic rings. The average molecular weight is 408 g/mol. The SMILES string of the molecule is COc1cc(C(=O)NC(C)c2ccc3c(c2)OCO3)cc(OC)c1Br. The Morgan fingerprint density at radius 1 is 1.12 bits per heavy atom. The maximum Gasteiger partial charge on any atom is 0.252 e. The largest absolute Gasteiger partial charge is 0.495 e. The maximum atomic E-state index is 12.6. The van der Waals surface area contributed by atoms with Crippen LogP contribution in [0.25, 0.3) is 0 Å². The van der Waals surface area contributed by atoms with E-state index in [0.29, 0.717) is 33.0 Å². The van der Waals surface area contributed by atoms with Crippen LogP contribution in [0.2, 0.25) is 0 Å². The molecule has 1 N–H and O–H groups in total. The molecule has 1 unspecified atom stereocenters. The van der Waals surface area contributed by atoms with E-state index < -0.39 is 0 Å². The van der Waals surface area contributed by atoms with E-state index in [4.69, 9.17) is 18.9 Å². The zero-order valence-corrected chi connectivity index (χ0v) is 15.7. The van der Waals surface area contributed by atoms with Gasteiger partial charge in [-0.2, -0.15) is 0 Å². The van der Waals surface area contributed by atoms with Crippen LogP contribution >= 0.6 is 15.9 Å². The topological polar surface area (TPSA) is 66.0 Å². The Morgan fingerprint density at radius 2 is 1.76 bits per heavy atom. The second kappa shape index (κ2) is 7.23. The summed E-state index contributed by atoms with van der Waals surface area (Å²) in [5.74, 6) is 2.23. The van der Waals surface area contributed by atoms with E-state index in [-0.39, 0.29) is 18.7 Å². The molecule has 1 atom stereocenters. The van der Waals surface area contributed by atoms with Gasteiger partial charge in [0.1, 0.15) is 16.0 Å². The summed E-state index contributed by atoms with van der Waals surface area (Å²) in [5.41, 5.74) is 1.37. The number of carbonyl (C=O) groups is 1. The van der Waals surface area contributed by atoms with Gasteiger partial charge in [-0.05, 0) is 52.7 Å². The summed E-state index contributed by atoms with van der Waals surface area (Å²) in [6.07, 6.45) is 0. The summed E-state index contributed by atoms with van der Waals surface area (Å²) in [6.45, 7) is 2.13. The summed E-state index contributed by atoms with van der Waals surface area (Å²) < 4.78 is 21.9. The number of nitrogens with one attached hydrogen (secondary N) is 1. The lowest BCUT2D eigenvalue weighted by atomic mass is 10.1. The van der Waals surface area contributed by atoms with Gasteiger partial charge in [-0.1, -0.05) is 6.07 Å². The highest BCUT2D eigenvalue weighted by Crippen LogP contribution is 2.36. The van der Waals surface area contributed by atoms with E-state index in [0.717, 1.165) is 5.56 Å². The number of rotatable bonds is 5. The highest BCUT2D eigenvalue weighted by molar-refractivity contribution is 9.10. The normalized spacial score (nSPS) is 13.3. The van der Waals surface area contributed by atoms with Crippen LogP contribution < -0.4 is 24.3 Å². The van der Waals surface area contributed by atoms with Crippen molar-refractivity contribution >= 4 is 21.8 Å². The van der Waals surface area contributed by atoms with Crippen molar-refractivity contribution in [2.45, 2.75) is 13.0 Å². The van der Waals surface area contributed by atoms with Crippen LogP contribution in [-0.2, 0) is 0 Å². The molecule has 0 bridgehead atoms. The predicted molar refractivity (Wildman–Crippen MR) is 95.7 cm³/mol. The third kappa shape index (κ3) is 3.51. The second-order valence-corrected chi connectivity index (χ2v) is 6.30. The minimum absolute atomic E-state index is 0.206. The zero-order valence-electron chi connectivity index (χ0n) is 14.1. The lowest BCUT2D eigenvalue weighted by Gasteiger charge is -2.16. The van der Waals surface area contributed by atoms with Crippen molar-refractivity contribution in [2.75, 3.05) is 21.0 Å². The van der Waals surface area contributed by atoms with Gasteiger partial charge in [0.15, 0.2) is 11.5 Å². The lowest BCUT2D eigenvalue weighted by Crippen LogP contribution is -2.26. The number of fused-ring (bicyclic) bond motifs is 1. The van der Waals surface area contributed by atoms with Crippen molar-refractivity contribution in [3.05, 3.63) is 45.9 Å². The third-order valence-electron chi connectivity index (χ3n) is 3.95. The van der Waals surface area contributed by atoms with Gasteiger partial charge in [0.2, 0.25) is 6.79 Å². The first-order valence-electron chi connectivity index (χ1n) is 7.65. The molecule has 0 saturated heterocycles. The molecule has 0 fully saturated rings. The third-order valence-corrected chi connectivity index (χ3v) is 4.73. The lowest BCUT2D eigenvalue weighted by molar-refractivity contribution is 0.0939. The number of amides is 1. The van der Waals surface area contributed by atoms with E-state index >= 15 is 0 Å². The Hall–Kier alpha value is -2.41. The smallest absolute Gasteiger partial charge is 0.252 e. The van der Waals surface area contributed by atoms with Crippen molar-refractivity contribution in [2.24, 2.45) is 0 Å². The minimum atomic E-state index is -0.228. The molecular formula is C18H18BrNO5. The molecule has 0 radical (unpaired) electrons. The maximum absolute atomic E-state index is 12.6. The average Bonchev–Trinajstić information content (AvgIpc) is 3.09. The highest BCUT2D eigenvalue weighted by atomic mass is 79.9. The fourth-order valence-corrected chi connectivity index (χ4v) is 3.10. The molecule has 0 saturated carbocycles. The molecule has 6 nitrogen and oxygen atoms in total. The number of methoxy groups -OCH3 is 2. The first-order valence-corrected chi connectivity index (χ1v) is 8.44. The van der Waals surface area contributed by atoms with Crippen molar-refractivity contribution in [3.8, 4) is 23.0 Å². The van der Waals surface area contributed by atoms with E-state index in [1.165, 1.54) is 14.2 Å². The molecule has 7 heteroatoms. The van der Waals surface area contributed by atoms with Crippen LogP contribution in [-0.4, -0.2) is 26.9 Å². The summed E-state index contributed by atoms with van der Waals surface area (Å²) in [5, 5.41) is 2.96. The highest BCUT2D eigenvalue weighted by Gasteiger charge is 2.19. The molecule has 0 aromatic heterocycles. The fraction of sp³-hybridized carbons (Fsp3) is 0.278. The monoisotopic (exact) mass is 407 g/mol. The number of hydrogen-bond donors (Lipinski definition) is 1. The van der Waals surface area contributed by atoms with Crippen LogP contribution in [0.5, 0.6) is 23.0 Å². The van der Waals surface area contributed by atoms with Gasteiger partial charge in [-0.3, -0.25) is 4.79 Å². The van der Waals surface area contributed by atoms with E-state index in [9.17, 15) is 4.79 Å². The minimum Gasteiger partial charge on any atom is -0.495 e. The van der Waals surface area contributed by atoms with Crippen molar-refractivity contribution < 1.29 is 23.7 Å². The predicted octanol–water partition coefficient (Wildman–Crippen LogP) is 3.69. The number of benzene rings is 2. The summed E-state index contributed by atoms with van der Waals surface area (Å²) in [4.78, 5) is 12.6. The second-order valence-electron chi connectivity index (χ2n) is 5.50. The van der Waals surface area contributed by atoms with Gasteiger partial charge in [-0.25, -0.2) is 0 Å². The molecule has 1 aliphatic rings. The molecule has 0 spiro atoms. The Morgan fingerprint density at radius 3 is 2.40 bits per heavy atom. The molecule has 132 valence electrons. The number of carbonyl (C=O) groups excluding carboxylic acids is 1. The van der Waals surface area contributed by atoms with Gasteiger partial charge in [0.25, 0.3) is 5.91 Å². The van der Waals surface area contributed by atoms with Crippen LogP contribution in [0.4, 0.5) is 0 Å². The Balaban J connectivity index is 1.80. The number of ether oxygens (including phenoxy) is 4. The van der Waals surface area contributed by atoms with Gasteiger partial charge in [0.05, 0.1) is 20.3 Å². The van der Waals surface area contributed by atoms with E-state index in [1.807, 2.05) is 25.1 Å². The zero-order chi connectivity index (χ0) is 18.0. The molecule has 2 aromatic carbocycles. The molecule has 3 rings (SSSR count). The number of halogens is 1. The van der Waals surface area contributed by atoms with Gasteiger partial charge < -0.3 is 24.3 Å². The fourth-order valence-electron chi connectivity index (χ4n) is 2.55. The first kappa shape index (κ1) is 17.4.